The monoisotopic (exact) mass is 391 g/mol. The van der Waals surface area contributed by atoms with Crippen LogP contribution in [-0.4, -0.2) is 22.9 Å². The Balaban J connectivity index is 1.97. The summed E-state index contributed by atoms with van der Waals surface area (Å²) < 4.78 is 0. The van der Waals surface area contributed by atoms with Gasteiger partial charge in [-0.15, -0.1) is 0 Å². The average molecular weight is 393 g/mol. The first kappa shape index (κ1) is 17.7. The van der Waals surface area contributed by atoms with Crippen LogP contribution < -0.4 is 4.90 Å². The fourth-order valence-corrected chi connectivity index (χ4v) is 2.95. The lowest BCUT2D eigenvalue weighted by molar-refractivity contribution is 0.0993. The lowest BCUT2D eigenvalue weighted by atomic mass is 10.1. The summed E-state index contributed by atoms with van der Waals surface area (Å²) in [6.45, 7) is 0. The van der Waals surface area contributed by atoms with Crippen LogP contribution in [0.1, 0.15) is 10.4 Å². The summed E-state index contributed by atoms with van der Waals surface area (Å²) in [5.74, 6) is -0.302. The second-order valence-corrected chi connectivity index (χ2v) is 6.37. The van der Waals surface area contributed by atoms with Crippen molar-refractivity contribution in [3.63, 3.8) is 0 Å². The largest absolute Gasteiger partial charge is 0.311 e. The third-order valence-electron chi connectivity index (χ3n) is 3.63. The van der Waals surface area contributed by atoms with Gasteiger partial charge in [-0.25, -0.2) is 4.98 Å². The Bertz CT molecular complexity index is 932. The number of rotatable bonds is 3. The molecule has 0 saturated heterocycles. The Morgan fingerprint density at radius 1 is 1.04 bits per heavy atom. The van der Waals surface area contributed by atoms with Crippen LogP contribution in [0.25, 0.3) is 11.3 Å². The van der Waals surface area contributed by atoms with E-state index in [4.69, 9.17) is 34.8 Å². The second kappa shape index (κ2) is 7.40. The van der Waals surface area contributed by atoms with E-state index < -0.39 is 0 Å². The molecule has 0 atom stereocenters. The van der Waals surface area contributed by atoms with Crippen LogP contribution >= 0.6 is 34.8 Å². The number of aromatic nitrogens is 2. The van der Waals surface area contributed by atoms with Crippen molar-refractivity contribution in [1.29, 1.82) is 0 Å². The van der Waals surface area contributed by atoms with Crippen molar-refractivity contribution < 1.29 is 4.79 Å². The zero-order valence-corrected chi connectivity index (χ0v) is 15.3. The molecule has 0 radical (unpaired) electrons. The van der Waals surface area contributed by atoms with Crippen molar-refractivity contribution in [3.05, 3.63) is 75.6 Å². The smallest absolute Gasteiger partial charge is 0.261 e. The minimum absolute atomic E-state index is 0.0586. The molecule has 0 fully saturated rings. The van der Waals surface area contributed by atoms with Gasteiger partial charge in [-0.05, 0) is 42.5 Å². The SMILES string of the molecule is CN(C(=O)c1ccc(Cl)nc1Cl)c1ccc(Cl)c(-c2ccccn2)c1. The van der Waals surface area contributed by atoms with E-state index in [1.54, 1.807) is 37.5 Å². The third-order valence-corrected chi connectivity index (χ3v) is 4.46. The Morgan fingerprint density at radius 3 is 2.52 bits per heavy atom. The van der Waals surface area contributed by atoms with Gasteiger partial charge in [0.15, 0.2) is 0 Å². The first-order valence-corrected chi connectivity index (χ1v) is 8.42. The van der Waals surface area contributed by atoms with Gasteiger partial charge in [0.25, 0.3) is 5.91 Å². The highest BCUT2D eigenvalue weighted by molar-refractivity contribution is 6.35. The summed E-state index contributed by atoms with van der Waals surface area (Å²) in [6.07, 6.45) is 1.69. The van der Waals surface area contributed by atoms with Crippen molar-refractivity contribution in [3.8, 4) is 11.3 Å². The van der Waals surface area contributed by atoms with E-state index in [1.165, 1.54) is 11.0 Å². The van der Waals surface area contributed by atoms with Gasteiger partial charge >= 0.3 is 0 Å². The van der Waals surface area contributed by atoms with Crippen LogP contribution in [0.2, 0.25) is 15.3 Å². The molecule has 0 saturated carbocycles. The molecular weight excluding hydrogens is 381 g/mol. The van der Waals surface area contributed by atoms with Crippen molar-refractivity contribution >= 4 is 46.4 Å². The zero-order valence-electron chi connectivity index (χ0n) is 13.1. The van der Waals surface area contributed by atoms with Crippen molar-refractivity contribution in [2.24, 2.45) is 0 Å². The Hall–Kier alpha value is -2.14. The van der Waals surface area contributed by atoms with Crippen LogP contribution in [0.3, 0.4) is 0 Å². The molecule has 7 heteroatoms. The van der Waals surface area contributed by atoms with Crippen molar-refractivity contribution in [1.82, 2.24) is 9.97 Å². The standard InChI is InChI=1S/C18H12Cl3N3O/c1-24(18(25)12-6-8-16(20)23-17(12)21)11-5-7-14(19)13(10-11)15-4-2-3-9-22-15/h2-10H,1H3. The van der Waals surface area contributed by atoms with E-state index in [9.17, 15) is 4.79 Å². The number of amides is 1. The van der Waals surface area contributed by atoms with Crippen LogP contribution in [0.15, 0.2) is 54.7 Å². The van der Waals surface area contributed by atoms with Gasteiger partial charge in [-0.1, -0.05) is 40.9 Å². The maximum atomic E-state index is 12.7. The molecule has 1 aromatic carbocycles. The summed E-state index contributed by atoms with van der Waals surface area (Å²) in [6, 6.07) is 13.9. The molecule has 0 bridgehead atoms. The molecule has 0 N–H and O–H groups in total. The molecule has 4 nitrogen and oxygen atoms in total. The minimum atomic E-state index is -0.302. The average Bonchev–Trinajstić information content (AvgIpc) is 2.62. The van der Waals surface area contributed by atoms with Crippen molar-refractivity contribution in [2.45, 2.75) is 0 Å². The maximum absolute atomic E-state index is 12.7. The second-order valence-electron chi connectivity index (χ2n) is 5.22. The summed E-state index contributed by atoms with van der Waals surface area (Å²) in [4.78, 5) is 22.4. The number of benzene rings is 1. The molecule has 3 aromatic rings. The summed E-state index contributed by atoms with van der Waals surface area (Å²) >= 11 is 18.1. The molecule has 3 rings (SSSR count). The van der Waals surface area contributed by atoms with Gasteiger partial charge in [-0.3, -0.25) is 9.78 Å². The first-order chi connectivity index (χ1) is 12.0. The molecule has 2 heterocycles. The minimum Gasteiger partial charge on any atom is -0.311 e. The molecule has 0 spiro atoms. The molecule has 1 amide bonds. The van der Waals surface area contributed by atoms with Crippen LogP contribution in [-0.2, 0) is 0 Å². The molecule has 126 valence electrons. The highest BCUT2D eigenvalue weighted by atomic mass is 35.5. The topological polar surface area (TPSA) is 46.1 Å². The Morgan fingerprint density at radius 2 is 1.84 bits per heavy atom. The number of hydrogen-bond donors (Lipinski definition) is 0. The number of nitrogens with zero attached hydrogens (tertiary/aromatic N) is 3. The Labute approximate surface area is 160 Å². The number of carbonyl (C=O) groups is 1. The fourth-order valence-electron chi connectivity index (χ4n) is 2.31. The number of anilines is 1. The van der Waals surface area contributed by atoms with Crippen molar-refractivity contribution in [2.75, 3.05) is 11.9 Å². The van der Waals surface area contributed by atoms with Crippen LogP contribution in [0.5, 0.6) is 0 Å². The van der Waals surface area contributed by atoms with E-state index in [1.807, 2.05) is 18.2 Å². The van der Waals surface area contributed by atoms with E-state index in [0.717, 1.165) is 11.3 Å². The predicted octanol–water partition coefficient (Wildman–Crippen LogP) is 5.38. The molecule has 2 aromatic heterocycles. The van der Waals surface area contributed by atoms with Gasteiger partial charge in [0.05, 0.1) is 16.3 Å². The fraction of sp³-hybridized carbons (Fsp3) is 0.0556. The molecule has 0 aliphatic carbocycles. The van der Waals surface area contributed by atoms with E-state index in [-0.39, 0.29) is 21.8 Å². The summed E-state index contributed by atoms with van der Waals surface area (Å²) in [7, 11) is 1.65. The highest BCUT2D eigenvalue weighted by Crippen LogP contribution is 2.31. The van der Waals surface area contributed by atoms with Gasteiger partial charge in [-0.2, -0.15) is 0 Å². The van der Waals surface area contributed by atoms with Crippen LogP contribution in [0, 0.1) is 0 Å². The number of halogens is 3. The van der Waals surface area contributed by atoms with Gasteiger partial charge in [0.2, 0.25) is 0 Å². The van der Waals surface area contributed by atoms with Gasteiger partial charge in [0, 0.05) is 24.5 Å². The van der Waals surface area contributed by atoms with E-state index in [0.29, 0.717) is 10.7 Å². The number of carbonyl (C=O) groups excluding carboxylic acids is 1. The third kappa shape index (κ3) is 3.76. The first-order valence-electron chi connectivity index (χ1n) is 7.28. The molecule has 25 heavy (non-hydrogen) atoms. The quantitative estimate of drug-likeness (QED) is 0.562. The van der Waals surface area contributed by atoms with E-state index in [2.05, 4.69) is 9.97 Å². The molecule has 0 aliphatic rings. The maximum Gasteiger partial charge on any atom is 0.261 e. The van der Waals surface area contributed by atoms with Crippen LogP contribution in [0.4, 0.5) is 5.69 Å². The molecule has 0 aliphatic heterocycles. The van der Waals surface area contributed by atoms with E-state index >= 15 is 0 Å². The lowest BCUT2D eigenvalue weighted by Crippen LogP contribution is -2.26. The molecule has 0 unspecified atom stereocenters. The Kier molecular flexibility index (Phi) is 5.23. The summed E-state index contributed by atoms with van der Waals surface area (Å²) in [5, 5.41) is 0.839. The molecular formula is C18H12Cl3N3O. The normalized spacial score (nSPS) is 10.6. The lowest BCUT2D eigenvalue weighted by Gasteiger charge is -2.19. The van der Waals surface area contributed by atoms with Gasteiger partial charge < -0.3 is 4.90 Å². The van der Waals surface area contributed by atoms with Gasteiger partial charge in [0.1, 0.15) is 10.3 Å². The number of hydrogen-bond acceptors (Lipinski definition) is 3. The zero-order chi connectivity index (χ0) is 18.0. The predicted molar refractivity (Wildman–Crippen MR) is 102 cm³/mol. The highest BCUT2D eigenvalue weighted by Gasteiger charge is 2.19. The number of pyridine rings is 2. The summed E-state index contributed by atoms with van der Waals surface area (Å²) in [5.41, 5.74) is 2.38.